The zero-order chi connectivity index (χ0) is 19.8. The summed E-state index contributed by atoms with van der Waals surface area (Å²) in [6.07, 6.45) is 13.3. The van der Waals surface area contributed by atoms with E-state index in [-0.39, 0.29) is 10.8 Å². The summed E-state index contributed by atoms with van der Waals surface area (Å²) in [6, 6.07) is 11.5. The molecular weight excluding hydrogens is 342 g/mol. The number of carbonyl (C=O) groups is 1. The van der Waals surface area contributed by atoms with Gasteiger partial charge >= 0.3 is 0 Å². The second kappa shape index (κ2) is 7.50. The van der Waals surface area contributed by atoms with E-state index in [1.807, 2.05) is 0 Å². The van der Waals surface area contributed by atoms with E-state index in [1.54, 1.807) is 0 Å². The van der Waals surface area contributed by atoms with Crippen LogP contribution in [0.1, 0.15) is 97.0 Å². The van der Waals surface area contributed by atoms with Crippen LogP contribution in [0, 0.1) is 16.7 Å². The minimum absolute atomic E-state index is 0.159. The highest BCUT2D eigenvalue weighted by Crippen LogP contribution is 2.61. The van der Waals surface area contributed by atoms with Gasteiger partial charge in [-0.3, -0.25) is 4.79 Å². The van der Waals surface area contributed by atoms with E-state index < -0.39 is 0 Å². The topological polar surface area (TPSA) is 29.1 Å². The molecule has 2 bridgehead atoms. The van der Waals surface area contributed by atoms with E-state index in [9.17, 15) is 4.79 Å². The lowest BCUT2D eigenvalue weighted by Gasteiger charge is -2.57. The van der Waals surface area contributed by atoms with Crippen molar-refractivity contribution in [2.24, 2.45) is 16.7 Å². The quantitative estimate of drug-likeness (QED) is 0.643. The molecule has 3 saturated carbocycles. The highest BCUT2D eigenvalue weighted by molar-refractivity contribution is 5.83. The Bertz CT molecular complexity index is 694. The molecule has 0 aliphatic heterocycles. The normalized spacial score (nSPS) is 38.8. The predicted molar refractivity (Wildman–Crippen MR) is 116 cm³/mol. The molecule has 4 rings (SSSR count). The van der Waals surface area contributed by atoms with Crippen LogP contribution >= 0.6 is 0 Å². The highest BCUT2D eigenvalue weighted by atomic mass is 16.2. The zero-order valence-electron chi connectivity index (χ0n) is 18.2. The molecule has 154 valence electrons. The Labute approximate surface area is 171 Å². The van der Waals surface area contributed by atoms with Gasteiger partial charge in [-0.25, -0.2) is 0 Å². The van der Waals surface area contributed by atoms with Gasteiger partial charge in [0.1, 0.15) is 0 Å². The lowest BCUT2D eigenvalue weighted by Crippen LogP contribution is -2.55. The molecule has 4 atom stereocenters. The first-order valence-electron chi connectivity index (χ1n) is 11.7. The van der Waals surface area contributed by atoms with Crippen LogP contribution in [0.25, 0.3) is 0 Å². The third-order valence-corrected chi connectivity index (χ3v) is 8.42. The second-order valence-corrected chi connectivity index (χ2v) is 11.0. The maximum absolute atomic E-state index is 13.5. The molecule has 2 nitrogen and oxygen atoms in total. The van der Waals surface area contributed by atoms with E-state index in [2.05, 4.69) is 56.4 Å². The van der Waals surface area contributed by atoms with Crippen molar-refractivity contribution in [3.8, 4) is 0 Å². The van der Waals surface area contributed by atoms with Crippen molar-refractivity contribution in [3.05, 3.63) is 35.9 Å². The molecule has 3 aliphatic rings. The summed E-state index contributed by atoms with van der Waals surface area (Å²) in [5.41, 5.74) is 1.80. The van der Waals surface area contributed by atoms with E-state index >= 15 is 0 Å². The average Bonchev–Trinajstić information content (AvgIpc) is 2.68. The standard InChI is InChI=1S/C26H39NO/c1-4-24(2)15-20-16-25(3,23(28)27-22-13-9-6-10-14-22)19-26(17-20,18-24)21-11-7-5-8-12-21/h5,7-8,11-12,20,22H,4,6,9-10,13-19H2,1-3H3,(H,27,28). The smallest absolute Gasteiger partial charge is 0.226 e. The number of hydrogen-bond acceptors (Lipinski definition) is 1. The molecule has 1 aromatic rings. The Morgan fingerprint density at radius 2 is 1.71 bits per heavy atom. The van der Waals surface area contributed by atoms with Crippen LogP contribution in [0.3, 0.4) is 0 Å². The van der Waals surface area contributed by atoms with Gasteiger partial charge < -0.3 is 5.32 Å². The summed E-state index contributed by atoms with van der Waals surface area (Å²) in [4.78, 5) is 13.5. The van der Waals surface area contributed by atoms with Gasteiger partial charge in [0.15, 0.2) is 0 Å². The first kappa shape index (κ1) is 20.0. The summed E-state index contributed by atoms with van der Waals surface area (Å²) in [7, 11) is 0. The van der Waals surface area contributed by atoms with E-state index in [4.69, 9.17) is 0 Å². The SMILES string of the molecule is CCC1(C)CC2CC(C)(C(=O)NC3CCCCC3)CC(c3ccccc3)(C2)C1. The second-order valence-electron chi connectivity index (χ2n) is 11.0. The molecule has 0 spiro atoms. The first-order chi connectivity index (χ1) is 13.4. The van der Waals surface area contributed by atoms with Gasteiger partial charge in [0.05, 0.1) is 0 Å². The maximum atomic E-state index is 13.5. The molecule has 4 unspecified atom stereocenters. The van der Waals surface area contributed by atoms with Crippen molar-refractivity contribution in [2.45, 2.75) is 103 Å². The molecule has 2 heteroatoms. The van der Waals surface area contributed by atoms with Crippen molar-refractivity contribution in [3.63, 3.8) is 0 Å². The lowest BCUT2D eigenvalue weighted by atomic mass is 9.47. The molecule has 1 N–H and O–H groups in total. The fourth-order valence-corrected chi connectivity index (χ4v) is 7.18. The van der Waals surface area contributed by atoms with Crippen molar-refractivity contribution in [2.75, 3.05) is 0 Å². The lowest BCUT2D eigenvalue weighted by molar-refractivity contribution is -0.139. The molecular formula is C26H39NO. The molecule has 0 radical (unpaired) electrons. The zero-order valence-corrected chi connectivity index (χ0v) is 18.2. The van der Waals surface area contributed by atoms with Crippen LogP contribution in [-0.4, -0.2) is 11.9 Å². The molecule has 28 heavy (non-hydrogen) atoms. The fraction of sp³-hybridized carbons (Fsp3) is 0.731. The van der Waals surface area contributed by atoms with Gasteiger partial charge in [-0.1, -0.05) is 76.8 Å². The number of rotatable bonds is 4. The monoisotopic (exact) mass is 381 g/mol. The van der Waals surface area contributed by atoms with E-state index in [1.165, 1.54) is 63.4 Å². The van der Waals surface area contributed by atoms with Crippen LogP contribution < -0.4 is 5.32 Å². The number of carbonyl (C=O) groups excluding carboxylic acids is 1. The number of fused-ring (bicyclic) bond motifs is 2. The third kappa shape index (κ3) is 3.76. The molecule has 3 fully saturated rings. The molecule has 0 saturated heterocycles. The number of nitrogens with one attached hydrogen (secondary N) is 1. The Hall–Kier alpha value is -1.31. The molecule has 0 aromatic heterocycles. The van der Waals surface area contributed by atoms with Gasteiger partial charge in [0.25, 0.3) is 0 Å². The largest absolute Gasteiger partial charge is 0.353 e. The van der Waals surface area contributed by atoms with Gasteiger partial charge in [-0.05, 0) is 67.3 Å². The van der Waals surface area contributed by atoms with E-state index in [0.717, 1.165) is 12.8 Å². The van der Waals surface area contributed by atoms with Crippen LogP contribution in [0.4, 0.5) is 0 Å². The Kier molecular flexibility index (Phi) is 5.35. The van der Waals surface area contributed by atoms with Crippen LogP contribution in [0.15, 0.2) is 30.3 Å². The third-order valence-electron chi connectivity index (χ3n) is 8.42. The molecule has 1 amide bonds. The predicted octanol–water partition coefficient (Wildman–Crippen LogP) is 6.39. The van der Waals surface area contributed by atoms with Gasteiger partial charge in [0.2, 0.25) is 5.91 Å². The number of hydrogen-bond donors (Lipinski definition) is 1. The van der Waals surface area contributed by atoms with Crippen molar-refractivity contribution in [1.29, 1.82) is 0 Å². The number of amides is 1. The highest BCUT2D eigenvalue weighted by Gasteiger charge is 2.56. The Morgan fingerprint density at radius 1 is 1.00 bits per heavy atom. The Morgan fingerprint density at radius 3 is 2.39 bits per heavy atom. The Balaban J connectivity index is 1.62. The maximum Gasteiger partial charge on any atom is 0.226 e. The number of benzene rings is 1. The molecule has 3 aliphatic carbocycles. The van der Waals surface area contributed by atoms with Crippen LogP contribution in [-0.2, 0) is 10.2 Å². The van der Waals surface area contributed by atoms with Crippen molar-refractivity contribution >= 4 is 5.91 Å². The summed E-state index contributed by atoms with van der Waals surface area (Å²) < 4.78 is 0. The summed E-state index contributed by atoms with van der Waals surface area (Å²) >= 11 is 0. The summed E-state index contributed by atoms with van der Waals surface area (Å²) in [5, 5.41) is 3.48. The van der Waals surface area contributed by atoms with Gasteiger partial charge in [0, 0.05) is 11.5 Å². The van der Waals surface area contributed by atoms with Gasteiger partial charge in [-0.15, -0.1) is 0 Å². The summed E-state index contributed by atoms with van der Waals surface area (Å²) in [6.45, 7) is 7.11. The van der Waals surface area contributed by atoms with Crippen molar-refractivity contribution in [1.82, 2.24) is 5.32 Å². The van der Waals surface area contributed by atoms with Crippen LogP contribution in [0.2, 0.25) is 0 Å². The fourth-order valence-electron chi connectivity index (χ4n) is 7.18. The summed E-state index contributed by atoms with van der Waals surface area (Å²) in [5.74, 6) is 0.999. The van der Waals surface area contributed by atoms with Crippen LogP contribution in [0.5, 0.6) is 0 Å². The van der Waals surface area contributed by atoms with Crippen molar-refractivity contribution < 1.29 is 4.79 Å². The van der Waals surface area contributed by atoms with Gasteiger partial charge in [-0.2, -0.15) is 0 Å². The van der Waals surface area contributed by atoms with E-state index in [0.29, 0.717) is 23.3 Å². The minimum Gasteiger partial charge on any atom is -0.353 e. The minimum atomic E-state index is -0.231. The molecule has 0 heterocycles. The average molecular weight is 382 g/mol. The molecule has 1 aromatic carbocycles. The first-order valence-corrected chi connectivity index (χ1v) is 11.7.